The van der Waals surface area contributed by atoms with E-state index in [1.165, 1.54) is 60.8 Å². The van der Waals surface area contributed by atoms with Crippen molar-refractivity contribution in [3.63, 3.8) is 0 Å². The smallest absolute Gasteiger partial charge is 0.330 e. The van der Waals surface area contributed by atoms with Gasteiger partial charge in [-0.05, 0) is 31.9 Å². The Hall–Kier alpha value is -3.08. The molecule has 0 amide bonds. The third-order valence-electron chi connectivity index (χ3n) is 6.36. The lowest BCUT2D eigenvalue weighted by atomic mass is 10.1. The van der Waals surface area contributed by atoms with E-state index in [1.807, 2.05) is 0 Å². The number of nitrogens with zero attached hydrogens (tertiary/aromatic N) is 1. The van der Waals surface area contributed by atoms with E-state index in [2.05, 4.69) is 53.1 Å². The molecule has 0 aliphatic carbocycles. The fraction of sp³-hybridized carbons (Fsp3) is 0.448. The van der Waals surface area contributed by atoms with Crippen molar-refractivity contribution in [2.75, 3.05) is 6.61 Å². The van der Waals surface area contributed by atoms with Crippen LogP contribution in [0.1, 0.15) is 71.1 Å². The summed E-state index contributed by atoms with van der Waals surface area (Å²) in [7, 11) is 0. The average Bonchev–Trinajstić information content (AvgIpc) is 3.16. The van der Waals surface area contributed by atoms with Crippen molar-refractivity contribution in [1.29, 1.82) is 0 Å². The van der Waals surface area contributed by atoms with Crippen LogP contribution in [0.3, 0.4) is 0 Å². The number of hydrogen-bond donors (Lipinski definition) is 1. The summed E-state index contributed by atoms with van der Waals surface area (Å²) >= 11 is 0. The molecule has 0 aliphatic heterocycles. The summed E-state index contributed by atoms with van der Waals surface area (Å²) in [6.07, 6.45) is 11.7. The minimum atomic E-state index is -0.936. The van der Waals surface area contributed by atoms with Crippen molar-refractivity contribution >= 4 is 33.7 Å². The summed E-state index contributed by atoms with van der Waals surface area (Å²) in [5.74, 6) is -1.12. The van der Waals surface area contributed by atoms with Gasteiger partial charge in [-0.2, -0.15) is 0 Å². The molecule has 3 aromatic rings. The van der Waals surface area contributed by atoms with Gasteiger partial charge in [0.2, 0.25) is 0 Å². The fourth-order valence-electron chi connectivity index (χ4n) is 4.45. The Bertz CT molecular complexity index is 1060. The van der Waals surface area contributed by atoms with Crippen LogP contribution >= 0.6 is 0 Å². The molecular formula is C29H37NO4. The van der Waals surface area contributed by atoms with E-state index >= 15 is 0 Å². The third kappa shape index (κ3) is 7.47. The first-order chi connectivity index (χ1) is 16.6. The van der Waals surface area contributed by atoms with Gasteiger partial charge in [-0.15, -0.1) is 0 Å². The van der Waals surface area contributed by atoms with Gasteiger partial charge in [0, 0.05) is 46.8 Å². The summed E-state index contributed by atoms with van der Waals surface area (Å²) < 4.78 is 7.62. The molecule has 3 rings (SSSR count). The highest BCUT2D eigenvalue weighted by Crippen LogP contribution is 2.29. The zero-order chi connectivity index (χ0) is 24.2. The van der Waals surface area contributed by atoms with Gasteiger partial charge in [0.05, 0.1) is 6.61 Å². The number of esters is 1. The van der Waals surface area contributed by atoms with Gasteiger partial charge in [0.15, 0.2) is 0 Å². The van der Waals surface area contributed by atoms with Gasteiger partial charge in [0.1, 0.15) is 0 Å². The first-order valence-corrected chi connectivity index (χ1v) is 12.6. The van der Waals surface area contributed by atoms with Gasteiger partial charge in [-0.25, -0.2) is 4.79 Å². The average molecular weight is 464 g/mol. The Balaban J connectivity index is 1.23. The first-order valence-electron chi connectivity index (χ1n) is 12.6. The molecule has 0 saturated heterocycles. The number of aliphatic carboxylic acids is 1. The number of para-hydroxylation sites is 2. The molecule has 34 heavy (non-hydrogen) atoms. The molecule has 0 unspecified atom stereocenters. The van der Waals surface area contributed by atoms with E-state index in [9.17, 15) is 9.59 Å². The van der Waals surface area contributed by atoms with Gasteiger partial charge < -0.3 is 14.4 Å². The maximum Gasteiger partial charge on any atom is 0.330 e. The molecule has 0 saturated carbocycles. The molecule has 182 valence electrons. The van der Waals surface area contributed by atoms with E-state index < -0.39 is 5.97 Å². The van der Waals surface area contributed by atoms with Crippen molar-refractivity contribution in [2.24, 2.45) is 0 Å². The zero-order valence-electron chi connectivity index (χ0n) is 20.3. The number of carbonyl (C=O) groups is 2. The largest absolute Gasteiger partial charge is 0.478 e. The van der Waals surface area contributed by atoms with Crippen LogP contribution in [-0.2, 0) is 20.9 Å². The monoisotopic (exact) mass is 463 g/mol. The predicted octanol–water partition coefficient (Wildman–Crippen LogP) is 7.27. The molecule has 1 N–H and O–H groups in total. The van der Waals surface area contributed by atoms with Crippen LogP contribution < -0.4 is 0 Å². The Kier molecular flexibility index (Phi) is 10.2. The van der Waals surface area contributed by atoms with Gasteiger partial charge in [-0.1, -0.05) is 81.0 Å². The van der Waals surface area contributed by atoms with Crippen LogP contribution in [0.4, 0.5) is 0 Å². The van der Waals surface area contributed by atoms with Gasteiger partial charge in [-0.3, -0.25) is 4.79 Å². The molecule has 0 radical (unpaired) electrons. The lowest BCUT2D eigenvalue weighted by molar-refractivity contribution is -0.143. The molecule has 5 heteroatoms. The molecule has 1 heterocycles. The second-order valence-corrected chi connectivity index (χ2v) is 8.97. The number of carbonyl (C=O) groups excluding carboxylic acids is 1. The van der Waals surface area contributed by atoms with Gasteiger partial charge >= 0.3 is 11.9 Å². The van der Waals surface area contributed by atoms with Crippen LogP contribution in [0.2, 0.25) is 0 Å². The van der Waals surface area contributed by atoms with E-state index in [1.54, 1.807) is 6.08 Å². The molecule has 0 atom stereocenters. The van der Waals surface area contributed by atoms with Crippen LogP contribution in [0, 0.1) is 0 Å². The van der Waals surface area contributed by atoms with Crippen molar-refractivity contribution in [3.8, 4) is 0 Å². The van der Waals surface area contributed by atoms with Crippen LogP contribution in [0.25, 0.3) is 21.8 Å². The molecular weight excluding hydrogens is 426 g/mol. The molecule has 0 bridgehead atoms. The van der Waals surface area contributed by atoms with Crippen LogP contribution in [0.5, 0.6) is 0 Å². The number of aromatic nitrogens is 1. The quantitative estimate of drug-likeness (QED) is 0.146. The highest BCUT2D eigenvalue weighted by molar-refractivity contribution is 6.07. The Morgan fingerprint density at radius 3 is 1.94 bits per heavy atom. The van der Waals surface area contributed by atoms with Crippen LogP contribution in [0.15, 0.2) is 60.2 Å². The molecule has 2 aromatic carbocycles. The normalized spacial score (nSPS) is 11.9. The first kappa shape index (κ1) is 25.5. The van der Waals surface area contributed by atoms with Crippen LogP contribution in [-0.4, -0.2) is 28.2 Å². The lowest BCUT2D eigenvalue weighted by Crippen LogP contribution is -2.05. The maximum atomic E-state index is 11.7. The highest BCUT2D eigenvalue weighted by Gasteiger charge is 2.09. The van der Waals surface area contributed by atoms with Crippen molar-refractivity contribution in [3.05, 3.63) is 60.2 Å². The number of ether oxygens (including phenoxy) is 1. The second kappa shape index (κ2) is 13.6. The van der Waals surface area contributed by atoms with Crippen molar-refractivity contribution in [1.82, 2.24) is 4.57 Å². The number of rotatable bonds is 15. The molecule has 1 aromatic heterocycles. The number of aryl methyl sites for hydroxylation is 1. The molecule has 5 nitrogen and oxygen atoms in total. The minimum absolute atomic E-state index is 0.188. The maximum absolute atomic E-state index is 11.7. The third-order valence-corrected chi connectivity index (χ3v) is 6.36. The number of benzene rings is 2. The van der Waals surface area contributed by atoms with Gasteiger partial charge in [0.25, 0.3) is 0 Å². The highest BCUT2D eigenvalue weighted by atomic mass is 16.5. The number of hydrogen-bond acceptors (Lipinski definition) is 3. The van der Waals surface area contributed by atoms with Crippen molar-refractivity contribution < 1.29 is 19.4 Å². The summed E-state index contributed by atoms with van der Waals surface area (Å²) in [6.45, 7) is 2.84. The van der Waals surface area contributed by atoms with E-state index in [4.69, 9.17) is 9.84 Å². The Labute approximate surface area is 202 Å². The summed E-state index contributed by atoms with van der Waals surface area (Å²) in [5, 5.41) is 11.4. The van der Waals surface area contributed by atoms with E-state index in [0.29, 0.717) is 12.8 Å². The Morgan fingerprint density at radius 1 is 0.824 bits per heavy atom. The summed E-state index contributed by atoms with van der Waals surface area (Å²) in [4.78, 5) is 22.4. The Morgan fingerprint density at radius 2 is 1.35 bits per heavy atom. The fourth-order valence-corrected chi connectivity index (χ4v) is 4.45. The topological polar surface area (TPSA) is 68.5 Å². The zero-order valence-corrected chi connectivity index (χ0v) is 20.3. The van der Waals surface area contributed by atoms with E-state index in [-0.39, 0.29) is 18.1 Å². The SMILES string of the molecule is CC(=CCCOC(=O)CCCCCCCCCCn1c2ccccc2c2ccccc21)C(=O)O. The molecule has 0 aliphatic rings. The molecule has 0 spiro atoms. The minimum Gasteiger partial charge on any atom is -0.478 e. The summed E-state index contributed by atoms with van der Waals surface area (Å²) in [5.41, 5.74) is 2.94. The predicted molar refractivity (Wildman–Crippen MR) is 138 cm³/mol. The number of unbranched alkanes of at least 4 members (excludes halogenated alkanes) is 7. The lowest BCUT2D eigenvalue weighted by Gasteiger charge is -2.08. The number of fused-ring (bicyclic) bond motifs is 3. The standard InChI is InChI=1S/C29H37NO4/c1-23(29(32)33)15-14-22-34-28(31)20-8-6-4-2-3-5-7-13-21-30-26-18-11-9-16-24(26)25-17-10-12-19-27(25)30/h9-12,15-19H,2-8,13-14,20-22H2,1H3,(H,32,33). The number of carboxylic acids is 1. The van der Waals surface area contributed by atoms with E-state index in [0.717, 1.165) is 25.8 Å². The second-order valence-electron chi connectivity index (χ2n) is 8.97. The summed E-state index contributed by atoms with van der Waals surface area (Å²) in [6, 6.07) is 17.4. The van der Waals surface area contributed by atoms with Crippen molar-refractivity contribution in [2.45, 2.75) is 77.7 Å². The molecule has 0 fully saturated rings. The number of carboxylic acid groups (broad SMARTS) is 1.